The van der Waals surface area contributed by atoms with Crippen LogP contribution >= 0.6 is 0 Å². The van der Waals surface area contributed by atoms with Gasteiger partial charge in [0.25, 0.3) is 11.8 Å². The molecule has 4 atom stereocenters. The highest BCUT2D eigenvalue weighted by molar-refractivity contribution is 6.03. The van der Waals surface area contributed by atoms with E-state index >= 15 is 0 Å². The normalized spacial score (nSPS) is 25.2. The summed E-state index contributed by atoms with van der Waals surface area (Å²) in [6.45, 7) is 3.04. The number of primary amides is 1. The van der Waals surface area contributed by atoms with Crippen molar-refractivity contribution in [2.45, 2.75) is 32.1 Å². The molecule has 2 saturated carbocycles. The van der Waals surface area contributed by atoms with E-state index in [4.69, 9.17) is 11.5 Å². The Labute approximate surface area is 215 Å². The molecule has 3 heterocycles. The number of fused-ring (bicyclic) bond motifs is 1. The van der Waals surface area contributed by atoms with Gasteiger partial charge in [-0.3, -0.25) is 14.3 Å². The van der Waals surface area contributed by atoms with Crippen molar-refractivity contribution in [1.29, 1.82) is 0 Å². The molecule has 6 rings (SSSR count). The first kappa shape index (κ1) is 24.1. The number of halogens is 3. The van der Waals surface area contributed by atoms with E-state index in [9.17, 15) is 22.8 Å². The average Bonchev–Trinajstić information content (AvgIpc) is 3.34. The lowest BCUT2D eigenvalue weighted by molar-refractivity contribution is -0.137. The maximum Gasteiger partial charge on any atom is 0.416 e. The minimum Gasteiger partial charge on any atom is -0.383 e. The first-order valence-electron chi connectivity index (χ1n) is 12.1. The Bertz CT molecular complexity index is 1550. The molecule has 4 N–H and O–H groups in total. The third kappa shape index (κ3) is 3.56. The van der Waals surface area contributed by atoms with Crippen LogP contribution in [0.25, 0.3) is 11.3 Å². The van der Waals surface area contributed by atoms with Crippen LogP contribution in [0.3, 0.4) is 0 Å². The molecule has 0 bridgehead atoms. The molecule has 3 aromatic rings. The van der Waals surface area contributed by atoms with Gasteiger partial charge in [0, 0.05) is 30.3 Å². The van der Waals surface area contributed by atoms with Crippen LogP contribution in [0.1, 0.15) is 40.9 Å². The van der Waals surface area contributed by atoms with Gasteiger partial charge in [-0.25, -0.2) is 4.68 Å². The number of benzene rings is 1. The number of hydrogen-bond acceptors (Lipinski definition) is 5. The number of alkyl halides is 3. The number of amides is 2. The number of nitrogen functional groups attached to an aromatic ring is 1. The van der Waals surface area contributed by atoms with Gasteiger partial charge in [-0.2, -0.15) is 23.4 Å². The molecule has 2 aromatic heterocycles. The third-order valence-electron chi connectivity index (χ3n) is 8.17. The van der Waals surface area contributed by atoms with Crippen LogP contribution in [-0.2, 0) is 17.5 Å². The predicted molar refractivity (Wildman–Crippen MR) is 130 cm³/mol. The minimum absolute atomic E-state index is 0.0125. The van der Waals surface area contributed by atoms with Crippen LogP contribution in [0.5, 0.6) is 0 Å². The summed E-state index contributed by atoms with van der Waals surface area (Å²) in [7, 11) is 0. The van der Waals surface area contributed by atoms with Gasteiger partial charge in [-0.1, -0.05) is 18.1 Å². The van der Waals surface area contributed by atoms with E-state index in [1.807, 2.05) is 0 Å². The maximum atomic E-state index is 13.1. The molecule has 1 aliphatic heterocycles. The number of carbonyl (C=O) groups excluding carboxylic acids is 2. The monoisotopic (exact) mass is 523 g/mol. The molecule has 2 aliphatic carbocycles. The molecule has 3 fully saturated rings. The lowest BCUT2D eigenvalue weighted by atomic mass is 9.80. The van der Waals surface area contributed by atoms with Crippen LogP contribution in [0.4, 0.5) is 19.0 Å². The van der Waals surface area contributed by atoms with Crippen LogP contribution < -0.4 is 11.5 Å². The van der Waals surface area contributed by atoms with Gasteiger partial charge in [0.05, 0.1) is 24.3 Å². The number of anilines is 1. The first-order valence-corrected chi connectivity index (χ1v) is 12.1. The van der Waals surface area contributed by atoms with Gasteiger partial charge >= 0.3 is 6.18 Å². The summed E-state index contributed by atoms with van der Waals surface area (Å²) in [5.74, 6) is 5.18. The molecular weight excluding hydrogens is 499 g/mol. The second kappa shape index (κ2) is 8.11. The molecule has 38 heavy (non-hydrogen) atoms. The number of likely N-dealkylation sites (tertiary alicyclic amines) is 1. The Morgan fingerprint density at radius 3 is 2.76 bits per heavy atom. The fourth-order valence-corrected chi connectivity index (χ4v) is 6.48. The van der Waals surface area contributed by atoms with E-state index in [0.29, 0.717) is 36.1 Å². The van der Waals surface area contributed by atoms with E-state index in [0.717, 1.165) is 18.6 Å². The summed E-state index contributed by atoms with van der Waals surface area (Å²) in [5.41, 5.74) is 12.6. The van der Waals surface area contributed by atoms with Crippen molar-refractivity contribution in [2.75, 3.05) is 18.8 Å². The third-order valence-corrected chi connectivity index (χ3v) is 8.17. The smallest absolute Gasteiger partial charge is 0.383 e. The lowest BCUT2D eigenvalue weighted by Gasteiger charge is -2.37. The predicted octanol–water partition coefficient (Wildman–Crippen LogP) is 2.54. The Balaban J connectivity index is 1.23. The summed E-state index contributed by atoms with van der Waals surface area (Å²) >= 11 is 0. The number of rotatable bonds is 5. The summed E-state index contributed by atoms with van der Waals surface area (Å²) in [6, 6.07) is 5.01. The van der Waals surface area contributed by atoms with Crippen LogP contribution in [0, 0.1) is 29.1 Å². The molecule has 1 unspecified atom stereocenters. The fourth-order valence-electron chi connectivity index (χ4n) is 6.48. The highest BCUT2D eigenvalue weighted by Gasteiger charge is 2.79. The van der Waals surface area contributed by atoms with E-state index < -0.39 is 17.6 Å². The Kier molecular flexibility index (Phi) is 5.14. The minimum atomic E-state index is -4.44. The summed E-state index contributed by atoms with van der Waals surface area (Å²) in [6.07, 6.45) is -0.572. The molecule has 9 nitrogen and oxygen atoms in total. The standard InChI is InChI=1S/C26H24F3N7O2/c1-2-4-19(37)34-12-17-21-18(8-25(17,21)13-34)36-23(30)20(24(31)38)22(33-36)15-9-32-35(11-15)10-14-5-3-6-16(7-14)26(27,28)29/h3,5-7,9,11,17-18,21H,8,10,12-13,30H2,1H3,(H2,31,38)/t17?,18-,21-,25+/m1/s1. The van der Waals surface area contributed by atoms with E-state index in [-0.39, 0.29) is 41.0 Å². The van der Waals surface area contributed by atoms with E-state index in [1.165, 1.54) is 16.9 Å². The first-order chi connectivity index (χ1) is 18.0. The van der Waals surface area contributed by atoms with Crippen molar-refractivity contribution in [3.05, 3.63) is 53.3 Å². The number of nitrogens with two attached hydrogens (primary N) is 2. The summed E-state index contributed by atoms with van der Waals surface area (Å²) in [5, 5.41) is 8.91. The van der Waals surface area contributed by atoms with Crippen molar-refractivity contribution < 1.29 is 22.8 Å². The zero-order chi connectivity index (χ0) is 27.0. The second-order valence-electron chi connectivity index (χ2n) is 10.2. The van der Waals surface area contributed by atoms with Gasteiger partial charge in [0.2, 0.25) is 0 Å². The molecule has 0 radical (unpaired) electrons. The van der Waals surface area contributed by atoms with Crippen molar-refractivity contribution in [2.24, 2.45) is 23.0 Å². The number of piperidine rings is 1. The summed E-state index contributed by atoms with van der Waals surface area (Å²) < 4.78 is 42.3. The topological polar surface area (TPSA) is 125 Å². The zero-order valence-corrected chi connectivity index (χ0v) is 20.4. The van der Waals surface area contributed by atoms with Gasteiger partial charge in [0.1, 0.15) is 17.1 Å². The van der Waals surface area contributed by atoms with Gasteiger partial charge in [-0.05, 0) is 48.8 Å². The fraction of sp³-hybridized carbons (Fsp3) is 0.385. The number of hydrogen-bond donors (Lipinski definition) is 2. The second-order valence-corrected chi connectivity index (χ2v) is 10.2. The maximum absolute atomic E-state index is 13.1. The van der Waals surface area contributed by atoms with Gasteiger partial charge < -0.3 is 16.4 Å². The van der Waals surface area contributed by atoms with Gasteiger partial charge in [-0.15, -0.1) is 0 Å². The molecule has 1 spiro atoms. The number of nitrogens with zero attached hydrogens (tertiary/aromatic N) is 5. The van der Waals surface area contributed by atoms with Crippen molar-refractivity contribution in [1.82, 2.24) is 24.5 Å². The quantitative estimate of drug-likeness (QED) is 0.498. The SMILES string of the molecule is CC#CC(=O)N1CC2[C@@H]3[C@H](n4nc(-c5cnn(Cc6cccc(C(F)(F)F)c6)c5)c(C(N)=O)c4N)C[C@]23C1. The largest absolute Gasteiger partial charge is 0.416 e. The number of aromatic nitrogens is 4. The van der Waals surface area contributed by atoms with Crippen LogP contribution in [-0.4, -0.2) is 49.4 Å². The highest BCUT2D eigenvalue weighted by atomic mass is 19.4. The van der Waals surface area contributed by atoms with Crippen molar-refractivity contribution in [3.63, 3.8) is 0 Å². The van der Waals surface area contributed by atoms with Gasteiger partial charge in [0.15, 0.2) is 0 Å². The van der Waals surface area contributed by atoms with Crippen LogP contribution in [0.15, 0.2) is 36.7 Å². The molecule has 196 valence electrons. The molecule has 3 aliphatic rings. The molecule has 2 amide bonds. The highest BCUT2D eigenvalue weighted by Crippen LogP contribution is 2.79. The van der Waals surface area contributed by atoms with E-state index in [1.54, 1.807) is 28.8 Å². The summed E-state index contributed by atoms with van der Waals surface area (Å²) in [4.78, 5) is 26.3. The molecule has 12 heteroatoms. The Hall–Kier alpha value is -4.27. The molecular formula is C26H24F3N7O2. The van der Waals surface area contributed by atoms with Crippen molar-refractivity contribution >= 4 is 17.6 Å². The Morgan fingerprint density at radius 2 is 2.08 bits per heavy atom. The van der Waals surface area contributed by atoms with Crippen LogP contribution in [0.2, 0.25) is 0 Å². The lowest BCUT2D eigenvalue weighted by Crippen LogP contribution is -2.40. The Morgan fingerprint density at radius 1 is 1.29 bits per heavy atom. The number of carbonyl (C=O) groups is 2. The zero-order valence-electron chi connectivity index (χ0n) is 20.4. The molecule has 1 aromatic carbocycles. The average molecular weight is 524 g/mol. The van der Waals surface area contributed by atoms with Crippen molar-refractivity contribution in [3.8, 4) is 23.1 Å². The molecule has 1 saturated heterocycles. The van der Waals surface area contributed by atoms with E-state index in [2.05, 4.69) is 22.0 Å².